The molecule has 1 aromatic carbocycles. The molecule has 0 amide bonds. The molecule has 6 heteroatoms. The van der Waals surface area contributed by atoms with Gasteiger partial charge in [0.2, 0.25) is 0 Å². The van der Waals surface area contributed by atoms with Crippen LogP contribution in [0.4, 0.5) is 0 Å². The topological polar surface area (TPSA) is 85.0 Å². The molecule has 28 heavy (non-hydrogen) atoms. The van der Waals surface area contributed by atoms with Gasteiger partial charge >= 0.3 is 5.97 Å². The molecule has 148 valence electrons. The van der Waals surface area contributed by atoms with Gasteiger partial charge in [-0.15, -0.1) is 0 Å². The maximum atomic E-state index is 11.8. The number of hydrogen-bond acceptors (Lipinski definition) is 3. The van der Waals surface area contributed by atoms with Gasteiger partial charge in [-0.3, -0.25) is 10.00 Å². The zero-order valence-electron chi connectivity index (χ0n) is 16.7. The van der Waals surface area contributed by atoms with Crippen LogP contribution in [-0.2, 0) is 6.54 Å². The predicted octanol–water partition coefficient (Wildman–Crippen LogP) is 4.40. The highest BCUT2D eigenvalue weighted by molar-refractivity contribution is 5.97. The zero-order chi connectivity index (χ0) is 19.8. The fraction of sp³-hybridized carbons (Fsp3) is 0.455. The maximum Gasteiger partial charge on any atom is 0.352 e. The predicted molar refractivity (Wildman–Crippen MR) is 110 cm³/mol. The smallest absolute Gasteiger partial charge is 0.352 e. The molecule has 0 unspecified atom stereocenters. The Morgan fingerprint density at radius 3 is 2.68 bits per heavy atom. The number of piperidine rings is 1. The summed E-state index contributed by atoms with van der Waals surface area (Å²) in [6.45, 7) is 8.93. The van der Waals surface area contributed by atoms with Gasteiger partial charge in [0.1, 0.15) is 5.69 Å². The lowest BCUT2D eigenvalue weighted by Crippen LogP contribution is -2.33. The first kappa shape index (κ1) is 18.7. The molecular weight excluding hydrogens is 352 g/mol. The van der Waals surface area contributed by atoms with Crippen molar-refractivity contribution < 1.29 is 9.90 Å². The number of benzene rings is 1. The van der Waals surface area contributed by atoms with Crippen molar-refractivity contribution in [2.45, 2.75) is 52.0 Å². The van der Waals surface area contributed by atoms with Crippen molar-refractivity contribution in [1.82, 2.24) is 20.1 Å². The first-order valence-corrected chi connectivity index (χ1v) is 10.0. The number of carboxylic acid groups (broad SMARTS) is 1. The van der Waals surface area contributed by atoms with E-state index in [0.29, 0.717) is 24.1 Å². The molecular formula is C22H28N4O2. The Bertz CT molecular complexity index is 993. The van der Waals surface area contributed by atoms with Gasteiger partial charge in [0.25, 0.3) is 0 Å². The third kappa shape index (κ3) is 3.56. The van der Waals surface area contributed by atoms with Crippen LogP contribution in [0.2, 0.25) is 0 Å². The fourth-order valence-electron chi connectivity index (χ4n) is 4.19. The van der Waals surface area contributed by atoms with Crippen LogP contribution >= 0.6 is 0 Å². The fourth-order valence-corrected chi connectivity index (χ4v) is 4.19. The summed E-state index contributed by atoms with van der Waals surface area (Å²) in [6, 6.07) is 8.27. The number of carboxylic acids is 1. The third-order valence-electron chi connectivity index (χ3n) is 5.89. The minimum Gasteiger partial charge on any atom is -0.477 e. The molecule has 1 aliphatic rings. The molecule has 3 heterocycles. The number of fused-ring (bicyclic) bond motifs is 1. The second-order valence-corrected chi connectivity index (χ2v) is 8.29. The van der Waals surface area contributed by atoms with E-state index >= 15 is 0 Å². The van der Waals surface area contributed by atoms with Crippen LogP contribution < -0.4 is 0 Å². The maximum absolute atomic E-state index is 11.8. The summed E-state index contributed by atoms with van der Waals surface area (Å²) >= 11 is 0. The average molecular weight is 380 g/mol. The van der Waals surface area contributed by atoms with Crippen LogP contribution in [-0.4, -0.2) is 44.2 Å². The molecule has 0 saturated carbocycles. The van der Waals surface area contributed by atoms with E-state index < -0.39 is 5.97 Å². The van der Waals surface area contributed by atoms with Crippen molar-refractivity contribution in [2.24, 2.45) is 0 Å². The molecule has 1 fully saturated rings. The van der Waals surface area contributed by atoms with Crippen LogP contribution in [0, 0.1) is 6.92 Å². The molecule has 3 N–H and O–H groups in total. The number of aryl methyl sites for hydroxylation is 1. The summed E-state index contributed by atoms with van der Waals surface area (Å²) in [4.78, 5) is 17.2. The molecule has 1 saturated heterocycles. The lowest BCUT2D eigenvalue weighted by molar-refractivity contribution is 0.0688. The number of hydrogen-bond donors (Lipinski definition) is 3. The van der Waals surface area contributed by atoms with E-state index in [9.17, 15) is 9.90 Å². The first-order chi connectivity index (χ1) is 13.4. The van der Waals surface area contributed by atoms with Gasteiger partial charge in [0.05, 0.1) is 5.69 Å². The summed E-state index contributed by atoms with van der Waals surface area (Å²) in [6.07, 6.45) is 2.12. The molecule has 0 atom stereocenters. The van der Waals surface area contributed by atoms with Crippen molar-refractivity contribution >= 4 is 16.9 Å². The number of carbonyl (C=O) groups is 1. The first-order valence-electron chi connectivity index (χ1n) is 10.0. The van der Waals surface area contributed by atoms with Crippen LogP contribution in [0.1, 0.15) is 71.5 Å². The Morgan fingerprint density at radius 2 is 2.04 bits per heavy atom. The van der Waals surface area contributed by atoms with Crippen LogP contribution in [0.3, 0.4) is 0 Å². The van der Waals surface area contributed by atoms with E-state index in [1.165, 1.54) is 5.69 Å². The molecule has 0 aliphatic carbocycles. The van der Waals surface area contributed by atoms with E-state index in [2.05, 4.69) is 46.1 Å². The lowest BCUT2D eigenvalue weighted by atomic mass is 9.92. The molecule has 2 aromatic heterocycles. The van der Waals surface area contributed by atoms with Crippen LogP contribution in [0.15, 0.2) is 24.3 Å². The minimum atomic E-state index is -0.891. The van der Waals surface area contributed by atoms with Crippen LogP contribution in [0.5, 0.6) is 0 Å². The van der Waals surface area contributed by atoms with Crippen molar-refractivity contribution in [3.05, 3.63) is 52.5 Å². The van der Waals surface area contributed by atoms with Gasteiger partial charge in [-0.1, -0.05) is 25.5 Å². The molecule has 0 radical (unpaired) electrons. The Hall–Kier alpha value is -2.60. The third-order valence-corrected chi connectivity index (χ3v) is 5.89. The standard InChI is InChI=1S/C22H28N4O2/c1-13(2)19-11-20(25-24-19)15-6-8-26(9-7-15)12-17-16-10-14(3)4-5-18(16)23-21(17)22(27)28/h4-5,10-11,13,15,23H,6-9,12H2,1-3H3,(H,24,25)(H,27,28). The quantitative estimate of drug-likeness (QED) is 0.612. The van der Waals surface area contributed by atoms with Crippen molar-refractivity contribution in [3.63, 3.8) is 0 Å². The number of aromatic carboxylic acids is 1. The summed E-state index contributed by atoms with van der Waals surface area (Å²) in [5, 5.41) is 18.3. The average Bonchev–Trinajstić information content (AvgIpc) is 3.28. The highest BCUT2D eigenvalue weighted by Gasteiger charge is 2.25. The number of H-pyrrole nitrogens is 2. The minimum absolute atomic E-state index is 0.317. The molecule has 0 spiro atoms. The van der Waals surface area contributed by atoms with Gasteiger partial charge in [0, 0.05) is 34.6 Å². The second kappa shape index (κ2) is 7.43. The molecule has 0 bridgehead atoms. The highest BCUT2D eigenvalue weighted by Crippen LogP contribution is 2.31. The van der Waals surface area contributed by atoms with Crippen molar-refractivity contribution in [1.29, 1.82) is 0 Å². The summed E-state index contributed by atoms with van der Waals surface area (Å²) < 4.78 is 0. The number of aromatic amines is 2. The normalized spacial score (nSPS) is 16.3. The Morgan fingerprint density at radius 1 is 1.29 bits per heavy atom. The molecule has 1 aliphatic heterocycles. The SMILES string of the molecule is Cc1ccc2[nH]c(C(=O)O)c(CN3CCC(c4cc(C(C)C)n[nH]4)CC3)c2c1. The van der Waals surface area contributed by atoms with E-state index in [1.54, 1.807) is 0 Å². The number of nitrogens with zero attached hydrogens (tertiary/aromatic N) is 2. The van der Waals surface area contributed by atoms with Gasteiger partial charge < -0.3 is 10.1 Å². The molecule has 4 rings (SSSR count). The molecule has 3 aromatic rings. The largest absolute Gasteiger partial charge is 0.477 e. The van der Waals surface area contributed by atoms with E-state index in [0.717, 1.165) is 53.7 Å². The van der Waals surface area contributed by atoms with Gasteiger partial charge in [-0.2, -0.15) is 5.10 Å². The highest BCUT2D eigenvalue weighted by atomic mass is 16.4. The van der Waals surface area contributed by atoms with E-state index in [-0.39, 0.29) is 0 Å². The van der Waals surface area contributed by atoms with Gasteiger partial charge in [-0.05, 0) is 57.0 Å². The zero-order valence-corrected chi connectivity index (χ0v) is 16.7. The molecule has 6 nitrogen and oxygen atoms in total. The number of likely N-dealkylation sites (tertiary alicyclic amines) is 1. The summed E-state index contributed by atoms with van der Waals surface area (Å²) in [5.41, 5.74) is 5.61. The second-order valence-electron chi connectivity index (χ2n) is 8.29. The Labute approximate surface area is 165 Å². The monoisotopic (exact) mass is 380 g/mol. The summed E-state index contributed by atoms with van der Waals surface area (Å²) in [5.74, 6) is 0.0441. The van der Waals surface area contributed by atoms with Gasteiger partial charge in [-0.25, -0.2) is 4.79 Å². The Kier molecular flexibility index (Phi) is 4.98. The van der Waals surface area contributed by atoms with Crippen molar-refractivity contribution in [2.75, 3.05) is 13.1 Å². The van der Waals surface area contributed by atoms with E-state index in [4.69, 9.17) is 0 Å². The number of nitrogens with one attached hydrogen (secondary N) is 2. The van der Waals surface area contributed by atoms with E-state index in [1.807, 2.05) is 19.1 Å². The van der Waals surface area contributed by atoms with Crippen molar-refractivity contribution in [3.8, 4) is 0 Å². The Balaban J connectivity index is 1.49. The van der Waals surface area contributed by atoms with Crippen LogP contribution in [0.25, 0.3) is 10.9 Å². The summed E-state index contributed by atoms with van der Waals surface area (Å²) in [7, 11) is 0. The lowest BCUT2D eigenvalue weighted by Gasteiger charge is -2.31. The van der Waals surface area contributed by atoms with Gasteiger partial charge in [0.15, 0.2) is 0 Å². The number of aromatic nitrogens is 3. The number of rotatable bonds is 5.